The minimum atomic E-state index is -0.116. The van der Waals surface area contributed by atoms with Crippen molar-refractivity contribution in [1.29, 1.82) is 0 Å². The van der Waals surface area contributed by atoms with Crippen LogP contribution in [0.4, 0.5) is 17.3 Å². The summed E-state index contributed by atoms with van der Waals surface area (Å²) in [5.74, 6) is 0.677. The fourth-order valence-electron chi connectivity index (χ4n) is 1.47. The van der Waals surface area contributed by atoms with Crippen LogP contribution < -0.4 is 10.6 Å². The van der Waals surface area contributed by atoms with E-state index in [2.05, 4.69) is 20.8 Å². The summed E-state index contributed by atoms with van der Waals surface area (Å²) in [5, 5.41) is 14.7. The molecule has 110 valence electrons. The van der Waals surface area contributed by atoms with E-state index in [1.165, 1.54) is 0 Å². The highest BCUT2D eigenvalue weighted by Gasteiger charge is 2.08. The van der Waals surface area contributed by atoms with E-state index >= 15 is 0 Å². The third kappa shape index (κ3) is 4.31. The Kier molecular flexibility index (Phi) is 4.98. The van der Waals surface area contributed by atoms with Crippen LogP contribution >= 0.6 is 23.2 Å². The second-order valence-corrected chi connectivity index (χ2v) is 5.54. The van der Waals surface area contributed by atoms with Gasteiger partial charge in [-0.2, -0.15) is 0 Å². The molecule has 1 heterocycles. The minimum absolute atomic E-state index is 0.108. The summed E-state index contributed by atoms with van der Waals surface area (Å²) in [7, 11) is 0. The average molecular weight is 325 g/mol. The van der Waals surface area contributed by atoms with Gasteiger partial charge in [-0.1, -0.05) is 37.0 Å². The van der Waals surface area contributed by atoms with E-state index in [4.69, 9.17) is 23.2 Å². The number of carbonyl (C=O) groups is 1. The largest absolute Gasteiger partial charge is 0.337 e. The fourth-order valence-corrected chi connectivity index (χ4v) is 1.80. The second kappa shape index (κ2) is 6.74. The number of rotatable bonds is 4. The molecule has 5 nitrogen and oxygen atoms in total. The Labute approximate surface area is 132 Å². The van der Waals surface area contributed by atoms with Gasteiger partial charge in [0.2, 0.25) is 5.91 Å². The molecule has 0 fully saturated rings. The van der Waals surface area contributed by atoms with E-state index < -0.39 is 0 Å². The molecule has 1 aromatic carbocycles. The average Bonchev–Trinajstić information content (AvgIpc) is 2.45. The Morgan fingerprint density at radius 3 is 2.38 bits per heavy atom. The smallest absolute Gasteiger partial charge is 0.228 e. The first kappa shape index (κ1) is 15.5. The van der Waals surface area contributed by atoms with Gasteiger partial charge in [0.15, 0.2) is 11.6 Å². The normalized spacial score (nSPS) is 10.5. The molecule has 0 bridgehead atoms. The van der Waals surface area contributed by atoms with Crippen molar-refractivity contribution >= 4 is 46.4 Å². The molecule has 0 aliphatic rings. The standard InChI is InChI=1S/C14H14Cl2N4O/c1-8(2)14(21)18-13-6-5-12(19-20-13)17-11-7-9(15)3-4-10(11)16/h3-8H,1-2H3,(H,17,19)(H,18,20,21). The van der Waals surface area contributed by atoms with E-state index in [0.717, 1.165) is 0 Å². The molecular formula is C14H14Cl2N4O. The lowest BCUT2D eigenvalue weighted by Crippen LogP contribution is -2.18. The van der Waals surface area contributed by atoms with Gasteiger partial charge in [0.25, 0.3) is 0 Å². The number of halogens is 2. The number of nitrogens with one attached hydrogen (secondary N) is 2. The molecule has 1 aromatic heterocycles. The topological polar surface area (TPSA) is 66.9 Å². The minimum Gasteiger partial charge on any atom is -0.337 e. The number of carbonyl (C=O) groups excluding carboxylic acids is 1. The molecule has 0 unspecified atom stereocenters. The van der Waals surface area contributed by atoms with E-state index in [-0.39, 0.29) is 11.8 Å². The molecule has 2 aromatic rings. The summed E-state index contributed by atoms with van der Waals surface area (Å²) in [6.45, 7) is 3.61. The SMILES string of the molecule is CC(C)C(=O)Nc1ccc(Nc2cc(Cl)ccc2Cl)nn1. The highest BCUT2D eigenvalue weighted by molar-refractivity contribution is 6.35. The van der Waals surface area contributed by atoms with Crippen LogP contribution in [-0.4, -0.2) is 16.1 Å². The Morgan fingerprint density at radius 1 is 1.10 bits per heavy atom. The zero-order valence-electron chi connectivity index (χ0n) is 11.5. The Bertz CT molecular complexity index is 644. The second-order valence-electron chi connectivity index (χ2n) is 4.70. The zero-order chi connectivity index (χ0) is 15.4. The Balaban J connectivity index is 2.09. The van der Waals surface area contributed by atoms with Crippen molar-refractivity contribution in [3.8, 4) is 0 Å². The molecule has 1 amide bonds. The van der Waals surface area contributed by atoms with Gasteiger partial charge in [0, 0.05) is 10.9 Å². The van der Waals surface area contributed by atoms with Crippen molar-refractivity contribution in [3.05, 3.63) is 40.4 Å². The number of hydrogen-bond acceptors (Lipinski definition) is 4. The predicted octanol–water partition coefficient (Wildman–Crippen LogP) is 4.12. The number of benzene rings is 1. The molecule has 0 radical (unpaired) electrons. The lowest BCUT2D eigenvalue weighted by molar-refractivity contribution is -0.118. The summed E-state index contributed by atoms with van der Waals surface area (Å²) in [5.41, 5.74) is 0.637. The van der Waals surface area contributed by atoms with Crippen LogP contribution in [-0.2, 0) is 4.79 Å². The van der Waals surface area contributed by atoms with E-state index in [1.807, 2.05) is 0 Å². The van der Waals surface area contributed by atoms with Gasteiger partial charge in [-0.05, 0) is 30.3 Å². The van der Waals surface area contributed by atoms with Crippen molar-refractivity contribution in [2.24, 2.45) is 5.92 Å². The highest BCUT2D eigenvalue weighted by Crippen LogP contribution is 2.27. The summed E-state index contributed by atoms with van der Waals surface area (Å²) in [6.07, 6.45) is 0. The summed E-state index contributed by atoms with van der Waals surface area (Å²) >= 11 is 12.0. The molecule has 0 spiro atoms. The van der Waals surface area contributed by atoms with Crippen LogP contribution in [0.2, 0.25) is 10.0 Å². The Morgan fingerprint density at radius 2 is 1.76 bits per heavy atom. The third-order valence-corrected chi connectivity index (χ3v) is 3.20. The van der Waals surface area contributed by atoms with Gasteiger partial charge in [-0.3, -0.25) is 4.79 Å². The maximum atomic E-state index is 11.5. The molecule has 0 aliphatic carbocycles. The van der Waals surface area contributed by atoms with Gasteiger partial charge in [0.1, 0.15) is 0 Å². The van der Waals surface area contributed by atoms with Gasteiger partial charge in [-0.15, -0.1) is 10.2 Å². The number of nitrogens with zero attached hydrogens (tertiary/aromatic N) is 2. The Hall–Kier alpha value is -1.85. The summed E-state index contributed by atoms with van der Waals surface area (Å²) in [6, 6.07) is 8.44. The molecule has 0 aliphatic heterocycles. The van der Waals surface area contributed by atoms with Crippen molar-refractivity contribution in [1.82, 2.24) is 10.2 Å². The monoisotopic (exact) mass is 324 g/mol. The number of amides is 1. The van der Waals surface area contributed by atoms with Crippen molar-refractivity contribution in [3.63, 3.8) is 0 Å². The molecule has 7 heteroatoms. The van der Waals surface area contributed by atoms with E-state index in [1.54, 1.807) is 44.2 Å². The van der Waals surface area contributed by atoms with E-state index in [0.29, 0.717) is 27.4 Å². The zero-order valence-corrected chi connectivity index (χ0v) is 13.0. The third-order valence-electron chi connectivity index (χ3n) is 2.63. The molecule has 2 rings (SSSR count). The van der Waals surface area contributed by atoms with Gasteiger partial charge in [-0.25, -0.2) is 0 Å². The lowest BCUT2D eigenvalue weighted by atomic mass is 10.2. The molecule has 2 N–H and O–H groups in total. The van der Waals surface area contributed by atoms with Crippen LogP contribution in [0.5, 0.6) is 0 Å². The van der Waals surface area contributed by atoms with Crippen molar-refractivity contribution < 1.29 is 4.79 Å². The first-order valence-electron chi connectivity index (χ1n) is 6.32. The molecule has 21 heavy (non-hydrogen) atoms. The van der Waals surface area contributed by atoms with E-state index in [9.17, 15) is 4.79 Å². The van der Waals surface area contributed by atoms with Crippen LogP contribution in [0.1, 0.15) is 13.8 Å². The maximum absolute atomic E-state index is 11.5. The van der Waals surface area contributed by atoms with Gasteiger partial charge >= 0.3 is 0 Å². The molecule has 0 saturated carbocycles. The highest BCUT2D eigenvalue weighted by atomic mass is 35.5. The molecular weight excluding hydrogens is 311 g/mol. The first-order chi connectivity index (χ1) is 9.95. The van der Waals surface area contributed by atoms with Gasteiger partial charge in [0.05, 0.1) is 10.7 Å². The number of hydrogen-bond donors (Lipinski definition) is 2. The summed E-state index contributed by atoms with van der Waals surface area (Å²) < 4.78 is 0. The van der Waals surface area contributed by atoms with Crippen molar-refractivity contribution in [2.75, 3.05) is 10.6 Å². The quantitative estimate of drug-likeness (QED) is 0.887. The van der Waals surface area contributed by atoms with Crippen molar-refractivity contribution in [2.45, 2.75) is 13.8 Å². The molecule has 0 saturated heterocycles. The molecule has 0 atom stereocenters. The number of aromatic nitrogens is 2. The summed E-state index contributed by atoms with van der Waals surface area (Å²) in [4.78, 5) is 11.5. The van der Waals surface area contributed by atoms with Gasteiger partial charge < -0.3 is 10.6 Å². The van der Waals surface area contributed by atoms with Crippen LogP contribution in [0.3, 0.4) is 0 Å². The van der Waals surface area contributed by atoms with Crippen LogP contribution in [0.25, 0.3) is 0 Å². The maximum Gasteiger partial charge on any atom is 0.228 e. The van der Waals surface area contributed by atoms with Crippen LogP contribution in [0, 0.1) is 5.92 Å². The number of anilines is 3. The van der Waals surface area contributed by atoms with Crippen LogP contribution in [0.15, 0.2) is 30.3 Å². The lowest BCUT2D eigenvalue weighted by Gasteiger charge is -2.09. The fraction of sp³-hybridized carbons (Fsp3) is 0.214. The first-order valence-corrected chi connectivity index (χ1v) is 7.08. The predicted molar refractivity (Wildman–Crippen MR) is 85.2 cm³/mol.